The van der Waals surface area contributed by atoms with Crippen LogP contribution in [0, 0.1) is 0 Å². The van der Waals surface area contributed by atoms with Gasteiger partial charge in [-0.15, -0.1) is 0 Å². The molecule has 3 nitrogen and oxygen atoms in total. The van der Waals surface area contributed by atoms with Crippen molar-refractivity contribution in [1.82, 2.24) is 0 Å². The van der Waals surface area contributed by atoms with Gasteiger partial charge in [0.1, 0.15) is 0 Å². The highest BCUT2D eigenvalue weighted by Crippen LogP contribution is 2.35. The summed E-state index contributed by atoms with van der Waals surface area (Å²) in [5, 5.41) is 0. The van der Waals surface area contributed by atoms with Crippen molar-refractivity contribution < 1.29 is 4.79 Å². The lowest BCUT2D eigenvalue weighted by molar-refractivity contribution is -0.124. The fourth-order valence-corrected chi connectivity index (χ4v) is 3.58. The fraction of sp³-hybridized carbons (Fsp3) is 0.533. The normalized spacial score (nSPS) is 21.3. The molecule has 2 N–H and O–H groups in total. The number of carbonyl (C=O) groups is 1. The highest BCUT2D eigenvalue weighted by molar-refractivity contribution is 9.10. The van der Waals surface area contributed by atoms with Gasteiger partial charge in [0.2, 0.25) is 5.91 Å². The van der Waals surface area contributed by atoms with Crippen LogP contribution in [0.5, 0.6) is 0 Å². The van der Waals surface area contributed by atoms with E-state index in [-0.39, 0.29) is 5.91 Å². The zero-order valence-corrected chi connectivity index (χ0v) is 12.6. The minimum atomic E-state index is -0.637. The molecule has 0 bridgehead atoms. The number of benzene rings is 1. The fourth-order valence-electron chi connectivity index (χ4n) is 3.23. The van der Waals surface area contributed by atoms with E-state index >= 15 is 0 Å². The molecular formula is C15H19BrN2O. The summed E-state index contributed by atoms with van der Waals surface area (Å²) in [4.78, 5) is 14.7. The number of rotatable bonds is 1. The molecule has 0 spiro atoms. The van der Waals surface area contributed by atoms with Gasteiger partial charge in [-0.1, -0.05) is 41.3 Å². The van der Waals surface area contributed by atoms with Crippen LogP contribution in [-0.4, -0.2) is 18.0 Å². The van der Waals surface area contributed by atoms with Crippen molar-refractivity contribution in [2.24, 2.45) is 5.73 Å². The first-order chi connectivity index (χ1) is 9.10. The third-order valence-corrected chi connectivity index (χ3v) is 4.85. The van der Waals surface area contributed by atoms with E-state index in [4.69, 9.17) is 5.73 Å². The number of hydrogen-bond acceptors (Lipinski definition) is 2. The summed E-state index contributed by atoms with van der Waals surface area (Å²) in [6.45, 7) is 0.767. The Morgan fingerprint density at radius 2 is 2.00 bits per heavy atom. The molecule has 1 heterocycles. The van der Waals surface area contributed by atoms with Crippen molar-refractivity contribution in [3.63, 3.8) is 0 Å². The van der Waals surface area contributed by atoms with E-state index in [9.17, 15) is 4.79 Å². The number of anilines is 1. The number of hydrogen-bond donors (Lipinski definition) is 1. The zero-order chi connectivity index (χ0) is 13.5. The summed E-state index contributed by atoms with van der Waals surface area (Å²) in [7, 11) is 0. The second kappa shape index (κ2) is 4.91. The van der Waals surface area contributed by atoms with Crippen LogP contribution >= 0.6 is 15.9 Å². The Bertz CT molecular complexity index is 509. The molecule has 3 rings (SSSR count). The van der Waals surface area contributed by atoms with E-state index in [1.54, 1.807) is 0 Å². The third-order valence-electron chi connectivity index (χ3n) is 4.36. The van der Waals surface area contributed by atoms with Gasteiger partial charge in [0, 0.05) is 16.7 Å². The highest BCUT2D eigenvalue weighted by Gasteiger charge is 2.40. The van der Waals surface area contributed by atoms with E-state index in [1.807, 2.05) is 17.0 Å². The minimum absolute atomic E-state index is 0.115. The zero-order valence-electron chi connectivity index (χ0n) is 11.0. The number of fused-ring (bicyclic) bond motifs is 1. The van der Waals surface area contributed by atoms with E-state index in [0.29, 0.717) is 0 Å². The molecular weight excluding hydrogens is 304 g/mol. The van der Waals surface area contributed by atoms with Gasteiger partial charge >= 0.3 is 0 Å². The average Bonchev–Trinajstić information content (AvgIpc) is 2.81. The first-order valence-electron chi connectivity index (χ1n) is 6.99. The second-order valence-electron chi connectivity index (χ2n) is 5.70. The van der Waals surface area contributed by atoms with Crippen LogP contribution in [-0.2, 0) is 11.2 Å². The Labute approximate surface area is 122 Å². The summed E-state index contributed by atoms with van der Waals surface area (Å²) in [5.74, 6) is 0.115. The molecule has 4 heteroatoms. The van der Waals surface area contributed by atoms with Crippen molar-refractivity contribution in [1.29, 1.82) is 0 Å². The largest absolute Gasteiger partial charge is 0.317 e. The van der Waals surface area contributed by atoms with E-state index in [0.717, 1.165) is 48.8 Å². The lowest BCUT2D eigenvalue weighted by Crippen LogP contribution is -2.56. The maximum Gasteiger partial charge on any atom is 0.247 e. The molecule has 102 valence electrons. The van der Waals surface area contributed by atoms with Gasteiger partial charge in [0.15, 0.2) is 0 Å². The van der Waals surface area contributed by atoms with Crippen LogP contribution in [0.4, 0.5) is 5.69 Å². The maximum absolute atomic E-state index is 12.8. The predicted molar refractivity (Wildman–Crippen MR) is 80.2 cm³/mol. The molecule has 19 heavy (non-hydrogen) atoms. The van der Waals surface area contributed by atoms with Gasteiger partial charge in [0.05, 0.1) is 5.54 Å². The van der Waals surface area contributed by atoms with Crippen LogP contribution in [0.1, 0.15) is 37.7 Å². The SMILES string of the molecule is NC1(C(=O)N2CCc3ccc(Br)cc32)CCCCC1. The molecule has 1 aromatic rings. The first-order valence-corrected chi connectivity index (χ1v) is 7.79. The summed E-state index contributed by atoms with van der Waals surface area (Å²) in [6, 6.07) is 6.16. The van der Waals surface area contributed by atoms with E-state index < -0.39 is 5.54 Å². The highest BCUT2D eigenvalue weighted by atomic mass is 79.9. The Kier molecular flexibility index (Phi) is 3.39. The number of nitrogens with two attached hydrogens (primary N) is 1. The van der Waals surface area contributed by atoms with Gasteiger partial charge < -0.3 is 10.6 Å². The van der Waals surface area contributed by atoms with Crippen molar-refractivity contribution in [2.75, 3.05) is 11.4 Å². The molecule has 2 aliphatic rings. The quantitative estimate of drug-likeness (QED) is 0.863. The predicted octanol–water partition coefficient (Wildman–Crippen LogP) is 3.00. The Morgan fingerprint density at radius 3 is 2.74 bits per heavy atom. The summed E-state index contributed by atoms with van der Waals surface area (Å²) >= 11 is 3.48. The molecule has 0 saturated heterocycles. The van der Waals surface area contributed by atoms with Crippen LogP contribution in [0.2, 0.25) is 0 Å². The van der Waals surface area contributed by atoms with Crippen LogP contribution in [0.3, 0.4) is 0 Å². The van der Waals surface area contributed by atoms with Crippen LogP contribution < -0.4 is 10.6 Å². The topological polar surface area (TPSA) is 46.3 Å². The summed E-state index contributed by atoms with van der Waals surface area (Å²) in [5.41, 5.74) is 8.02. The van der Waals surface area contributed by atoms with Crippen LogP contribution in [0.25, 0.3) is 0 Å². The smallest absolute Gasteiger partial charge is 0.247 e. The Hall–Kier alpha value is -0.870. The van der Waals surface area contributed by atoms with Gasteiger partial charge in [0.25, 0.3) is 0 Å². The molecule has 1 amide bonds. The number of nitrogens with zero attached hydrogens (tertiary/aromatic N) is 1. The standard InChI is InChI=1S/C15H19BrN2O/c16-12-5-4-11-6-9-18(13(11)10-12)14(19)15(17)7-2-1-3-8-15/h4-5,10H,1-3,6-9,17H2. The van der Waals surface area contributed by atoms with Gasteiger partial charge in [-0.25, -0.2) is 0 Å². The van der Waals surface area contributed by atoms with Crippen molar-refractivity contribution in [2.45, 2.75) is 44.1 Å². The molecule has 1 aliphatic heterocycles. The molecule has 1 aliphatic carbocycles. The molecule has 0 atom stereocenters. The van der Waals surface area contributed by atoms with Gasteiger partial charge in [-0.2, -0.15) is 0 Å². The number of amides is 1. The van der Waals surface area contributed by atoms with Gasteiger partial charge in [-0.05, 0) is 37.0 Å². The van der Waals surface area contributed by atoms with Crippen LogP contribution in [0.15, 0.2) is 22.7 Å². The Balaban J connectivity index is 1.88. The molecule has 1 saturated carbocycles. The monoisotopic (exact) mass is 322 g/mol. The average molecular weight is 323 g/mol. The molecule has 0 aromatic heterocycles. The van der Waals surface area contributed by atoms with Crippen molar-refractivity contribution in [3.8, 4) is 0 Å². The molecule has 0 unspecified atom stereocenters. The Morgan fingerprint density at radius 1 is 1.26 bits per heavy atom. The minimum Gasteiger partial charge on any atom is -0.317 e. The van der Waals surface area contributed by atoms with Crippen molar-refractivity contribution >= 4 is 27.5 Å². The number of halogens is 1. The lowest BCUT2D eigenvalue weighted by atomic mass is 9.81. The van der Waals surface area contributed by atoms with E-state index in [1.165, 1.54) is 12.0 Å². The first kappa shape index (κ1) is 13.1. The maximum atomic E-state index is 12.8. The van der Waals surface area contributed by atoms with E-state index in [2.05, 4.69) is 22.0 Å². The number of carbonyl (C=O) groups excluding carboxylic acids is 1. The summed E-state index contributed by atoms with van der Waals surface area (Å²) in [6.07, 6.45) is 5.93. The molecule has 1 fully saturated rings. The second-order valence-corrected chi connectivity index (χ2v) is 6.61. The van der Waals surface area contributed by atoms with Gasteiger partial charge in [-0.3, -0.25) is 4.79 Å². The third kappa shape index (κ3) is 2.32. The molecule has 0 radical (unpaired) electrons. The van der Waals surface area contributed by atoms with Crippen molar-refractivity contribution in [3.05, 3.63) is 28.2 Å². The summed E-state index contributed by atoms with van der Waals surface area (Å²) < 4.78 is 1.01. The molecule has 1 aromatic carbocycles. The lowest BCUT2D eigenvalue weighted by Gasteiger charge is -2.35.